The SMILES string of the molecule is CC(C)[C@H](NC(=O)c1ccc(Br)s1)c1ccccc1. The lowest BCUT2D eigenvalue weighted by Crippen LogP contribution is -2.31. The zero-order valence-corrected chi connectivity index (χ0v) is 13.3. The van der Waals surface area contributed by atoms with Crippen molar-refractivity contribution in [1.82, 2.24) is 5.32 Å². The zero-order valence-electron chi connectivity index (χ0n) is 10.9. The molecule has 0 saturated heterocycles. The summed E-state index contributed by atoms with van der Waals surface area (Å²) in [5.41, 5.74) is 1.14. The molecule has 2 aromatic rings. The first-order chi connectivity index (χ1) is 9.08. The fourth-order valence-corrected chi connectivity index (χ4v) is 3.23. The second kappa shape index (κ2) is 6.35. The number of benzene rings is 1. The van der Waals surface area contributed by atoms with Crippen LogP contribution >= 0.6 is 27.3 Å². The van der Waals surface area contributed by atoms with E-state index in [-0.39, 0.29) is 11.9 Å². The van der Waals surface area contributed by atoms with E-state index in [0.717, 1.165) is 14.2 Å². The number of nitrogens with one attached hydrogen (secondary N) is 1. The molecule has 19 heavy (non-hydrogen) atoms. The highest BCUT2D eigenvalue weighted by Crippen LogP contribution is 2.25. The Bertz CT molecular complexity index is 550. The normalized spacial score (nSPS) is 12.4. The summed E-state index contributed by atoms with van der Waals surface area (Å²) in [4.78, 5) is 13.0. The monoisotopic (exact) mass is 337 g/mol. The van der Waals surface area contributed by atoms with Gasteiger partial charge in [0.2, 0.25) is 0 Å². The molecule has 1 N–H and O–H groups in total. The van der Waals surface area contributed by atoms with Gasteiger partial charge in [-0.2, -0.15) is 0 Å². The Balaban J connectivity index is 2.16. The molecule has 0 bridgehead atoms. The van der Waals surface area contributed by atoms with Crippen molar-refractivity contribution in [2.75, 3.05) is 0 Å². The van der Waals surface area contributed by atoms with Crippen molar-refractivity contribution in [3.8, 4) is 0 Å². The fraction of sp³-hybridized carbons (Fsp3) is 0.267. The third-order valence-corrected chi connectivity index (χ3v) is 4.53. The van der Waals surface area contributed by atoms with Gasteiger partial charge in [-0.15, -0.1) is 11.3 Å². The van der Waals surface area contributed by atoms with Crippen LogP contribution in [0.25, 0.3) is 0 Å². The summed E-state index contributed by atoms with van der Waals surface area (Å²) in [5, 5.41) is 3.11. The second-order valence-electron chi connectivity index (χ2n) is 4.71. The number of halogens is 1. The fourth-order valence-electron chi connectivity index (χ4n) is 1.94. The van der Waals surface area contributed by atoms with Gasteiger partial charge < -0.3 is 5.32 Å². The van der Waals surface area contributed by atoms with Crippen molar-refractivity contribution in [2.24, 2.45) is 5.92 Å². The van der Waals surface area contributed by atoms with E-state index in [0.29, 0.717) is 5.92 Å². The summed E-state index contributed by atoms with van der Waals surface area (Å²) in [5.74, 6) is 0.327. The number of amides is 1. The van der Waals surface area contributed by atoms with Crippen LogP contribution in [0.2, 0.25) is 0 Å². The first-order valence-electron chi connectivity index (χ1n) is 6.19. The summed E-state index contributed by atoms with van der Waals surface area (Å²) >= 11 is 4.83. The van der Waals surface area contributed by atoms with Crippen LogP contribution in [-0.4, -0.2) is 5.91 Å². The van der Waals surface area contributed by atoms with E-state index in [4.69, 9.17) is 0 Å². The smallest absolute Gasteiger partial charge is 0.261 e. The summed E-state index contributed by atoms with van der Waals surface area (Å²) in [7, 11) is 0. The molecule has 1 aromatic carbocycles. The maximum Gasteiger partial charge on any atom is 0.261 e. The highest BCUT2D eigenvalue weighted by molar-refractivity contribution is 9.11. The van der Waals surface area contributed by atoms with Gasteiger partial charge in [-0.25, -0.2) is 0 Å². The molecular formula is C15H16BrNOS. The Morgan fingerprint density at radius 2 is 1.84 bits per heavy atom. The number of hydrogen-bond donors (Lipinski definition) is 1. The molecule has 0 spiro atoms. The number of carbonyl (C=O) groups is 1. The number of carbonyl (C=O) groups excluding carboxylic acids is 1. The van der Waals surface area contributed by atoms with Crippen LogP contribution in [-0.2, 0) is 0 Å². The standard InChI is InChI=1S/C15H16BrNOS/c1-10(2)14(11-6-4-3-5-7-11)17-15(18)12-8-9-13(16)19-12/h3-10,14H,1-2H3,(H,17,18)/t14-/m0/s1. The minimum atomic E-state index is -0.0155. The number of hydrogen-bond acceptors (Lipinski definition) is 2. The molecule has 100 valence electrons. The molecule has 2 nitrogen and oxygen atoms in total. The average Bonchev–Trinajstić information content (AvgIpc) is 2.83. The van der Waals surface area contributed by atoms with Crippen LogP contribution in [0.4, 0.5) is 0 Å². The van der Waals surface area contributed by atoms with Crippen LogP contribution < -0.4 is 5.32 Å². The van der Waals surface area contributed by atoms with Crippen molar-refractivity contribution in [3.63, 3.8) is 0 Å². The largest absolute Gasteiger partial charge is 0.344 e. The topological polar surface area (TPSA) is 29.1 Å². The third-order valence-electron chi connectivity index (χ3n) is 2.91. The van der Waals surface area contributed by atoms with Crippen molar-refractivity contribution in [2.45, 2.75) is 19.9 Å². The van der Waals surface area contributed by atoms with Crippen LogP contribution in [0.15, 0.2) is 46.3 Å². The van der Waals surface area contributed by atoms with Gasteiger partial charge in [0.25, 0.3) is 5.91 Å². The molecule has 0 unspecified atom stereocenters. The van der Waals surface area contributed by atoms with Crippen LogP contribution in [0.1, 0.15) is 35.1 Å². The number of rotatable bonds is 4. The minimum Gasteiger partial charge on any atom is -0.344 e. The minimum absolute atomic E-state index is 0.0155. The quantitative estimate of drug-likeness (QED) is 0.865. The molecule has 1 aromatic heterocycles. The van der Waals surface area contributed by atoms with E-state index >= 15 is 0 Å². The van der Waals surface area contributed by atoms with Gasteiger partial charge in [0.1, 0.15) is 0 Å². The summed E-state index contributed by atoms with van der Waals surface area (Å²) in [6, 6.07) is 13.9. The molecule has 1 heterocycles. The van der Waals surface area contributed by atoms with Gasteiger partial charge >= 0.3 is 0 Å². The molecule has 4 heteroatoms. The Morgan fingerprint density at radius 1 is 1.16 bits per heavy atom. The molecule has 0 aliphatic rings. The lowest BCUT2D eigenvalue weighted by molar-refractivity contribution is 0.0930. The Kier molecular flexibility index (Phi) is 4.77. The Labute approximate surface area is 126 Å². The third kappa shape index (κ3) is 3.67. The summed E-state index contributed by atoms with van der Waals surface area (Å²) < 4.78 is 0.971. The highest BCUT2D eigenvalue weighted by atomic mass is 79.9. The van der Waals surface area contributed by atoms with Gasteiger partial charge in [-0.05, 0) is 39.5 Å². The molecule has 0 saturated carbocycles. The van der Waals surface area contributed by atoms with Crippen molar-refractivity contribution in [1.29, 1.82) is 0 Å². The van der Waals surface area contributed by atoms with Gasteiger partial charge in [0, 0.05) is 0 Å². The molecule has 0 aliphatic carbocycles. The molecular weight excluding hydrogens is 322 g/mol. The van der Waals surface area contributed by atoms with Crippen molar-refractivity contribution in [3.05, 3.63) is 56.7 Å². The molecule has 1 amide bonds. The first kappa shape index (κ1) is 14.3. The van der Waals surface area contributed by atoms with E-state index < -0.39 is 0 Å². The summed E-state index contributed by atoms with van der Waals surface area (Å²) in [6.07, 6.45) is 0. The van der Waals surface area contributed by atoms with Crippen LogP contribution in [0.5, 0.6) is 0 Å². The van der Waals surface area contributed by atoms with E-state index in [1.54, 1.807) is 0 Å². The predicted molar refractivity (Wildman–Crippen MR) is 83.5 cm³/mol. The molecule has 0 fully saturated rings. The van der Waals surface area contributed by atoms with Gasteiger partial charge in [-0.1, -0.05) is 44.2 Å². The molecule has 0 radical (unpaired) electrons. The van der Waals surface area contributed by atoms with E-state index in [1.165, 1.54) is 11.3 Å². The zero-order chi connectivity index (χ0) is 13.8. The van der Waals surface area contributed by atoms with E-state index in [1.807, 2.05) is 30.3 Å². The predicted octanol–water partition coefficient (Wildman–Crippen LogP) is 4.64. The maximum absolute atomic E-state index is 12.2. The van der Waals surface area contributed by atoms with Gasteiger partial charge in [0.15, 0.2) is 0 Å². The van der Waals surface area contributed by atoms with Crippen molar-refractivity contribution >= 4 is 33.2 Å². The van der Waals surface area contributed by atoms with E-state index in [2.05, 4.69) is 47.2 Å². The van der Waals surface area contributed by atoms with Crippen LogP contribution in [0.3, 0.4) is 0 Å². The Hall–Kier alpha value is -1.13. The lowest BCUT2D eigenvalue weighted by Gasteiger charge is -2.22. The maximum atomic E-state index is 12.2. The van der Waals surface area contributed by atoms with Crippen LogP contribution in [0, 0.1) is 5.92 Å². The summed E-state index contributed by atoms with van der Waals surface area (Å²) in [6.45, 7) is 4.23. The van der Waals surface area contributed by atoms with E-state index in [9.17, 15) is 4.79 Å². The van der Waals surface area contributed by atoms with Gasteiger partial charge in [0.05, 0.1) is 14.7 Å². The lowest BCUT2D eigenvalue weighted by atomic mass is 9.96. The second-order valence-corrected chi connectivity index (χ2v) is 7.17. The average molecular weight is 338 g/mol. The molecule has 1 atom stereocenters. The van der Waals surface area contributed by atoms with Crippen molar-refractivity contribution < 1.29 is 4.79 Å². The highest BCUT2D eigenvalue weighted by Gasteiger charge is 2.19. The number of thiophene rings is 1. The first-order valence-corrected chi connectivity index (χ1v) is 7.80. The molecule has 0 aliphatic heterocycles. The van der Waals surface area contributed by atoms with Gasteiger partial charge in [-0.3, -0.25) is 4.79 Å². The Morgan fingerprint density at radius 3 is 2.37 bits per heavy atom. The molecule has 2 rings (SSSR count).